The Balaban J connectivity index is 0.00000364. The van der Waals surface area contributed by atoms with Crippen LogP contribution in [0.25, 0.3) is 0 Å². The highest BCUT2D eigenvalue weighted by molar-refractivity contribution is 9.10. The number of hydrogen-bond acceptors (Lipinski definition) is 4. The molecule has 0 saturated heterocycles. The molecule has 27 heavy (non-hydrogen) atoms. The van der Waals surface area contributed by atoms with Crippen molar-refractivity contribution in [3.63, 3.8) is 0 Å². The monoisotopic (exact) mass is 457 g/mol. The van der Waals surface area contributed by atoms with E-state index in [1.165, 1.54) is 11.1 Å². The minimum atomic E-state index is -0.540. The van der Waals surface area contributed by atoms with Crippen LogP contribution in [0.2, 0.25) is 0 Å². The summed E-state index contributed by atoms with van der Waals surface area (Å²) in [6.07, 6.45) is 0.430. The van der Waals surface area contributed by atoms with Crippen molar-refractivity contribution in [2.45, 2.75) is 32.4 Å². The van der Waals surface area contributed by atoms with Crippen LogP contribution < -0.4 is 10.1 Å². The Kier molecular flexibility index (Phi) is 11.6. The van der Waals surface area contributed by atoms with Crippen LogP contribution in [0.15, 0.2) is 53.0 Å². The maximum Gasteiger partial charge on any atom is 0.119 e. The van der Waals surface area contributed by atoms with Gasteiger partial charge < -0.3 is 19.9 Å². The summed E-state index contributed by atoms with van der Waals surface area (Å²) in [6, 6.07) is 16.4. The van der Waals surface area contributed by atoms with Crippen molar-refractivity contribution >= 4 is 28.3 Å². The van der Waals surface area contributed by atoms with Crippen molar-refractivity contribution in [3.8, 4) is 5.75 Å². The molecule has 0 aliphatic rings. The second-order valence-corrected chi connectivity index (χ2v) is 7.23. The first-order valence-corrected chi connectivity index (χ1v) is 9.82. The SMILES string of the molecule is CCC(NCC(O)COCCOc1ccc(Br)cc1)c1ccc(C)cc1.Cl. The van der Waals surface area contributed by atoms with Gasteiger partial charge >= 0.3 is 0 Å². The minimum absolute atomic E-state index is 0. The first-order chi connectivity index (χ1) is 12.6. The number of nitrogens with one attached hydrogen (secondary N) is 1. The molecule has 2 N–H and O–H groups in total. The molecule has 0 radical (unpaired) electrons. The Labute approximate surface area is 176 Å². The second-order valence-electron chi connectivity index (χ2n) is 6.31. The van der Waals surface area contributed by atoms with E-state index in [-0.39, 0.29) is 18.4 Å². The maximum atomic E-state index is 10.1. The fraction of sp³-hybridized carbons (Fsp3) is 0.429. The number of hydrogen-bond donors (Lipinski definition) is 2. The quantitative estimate of drug-likeness (QED) is 0.480. The Bertz CT molecular complexity index is 637. The summed E-state index contributed by atoms with van der Waals surface area (Å²) in [4.78, 5) is 0. The molecule has 0 aliphatic heterocycles. The molecule has 2 unspecified atom stereocenters. The summed E-state index contributed by atoms with van der Waals surface area (Å²) in [5.41, 5.74) is 2.50. The average molecular weight is 459 g/mol. The third kappa shape index (κ3) is 9.08. The zero-order chi connectivity index (χ0) is 18.8. The van der Waals surface area contributed by atoms with Crippen molar-refractivity contribution in [2.75, 3.05) is 26.4 Å². The molecule has 0 bridgehead atoms. The summed E-state index contributed by atoms with van der Waals surface area (Å²) in [7, 11) is 0. The lowest BCUT2D eigenvalue weighted by Crippen LogP contribution is -2.33. The molecule has 6 heteroatoms. The molecule has 2 aromatic rings. The molecule has 0 spiro atoms. The molecule has 2 aromatic carbocycles. The van der Waals surface area contributed by atoms with E-state index in [9.17, 15) is 5.11 Å². The van der Waals surface area contributed by atoms with Crippen LogP contribution in [-0.2, 0) is 4.74 Å². The highest BCUT2D eigenvalue weighted by Crippen LogP contribution is 2.17. The normalized spacial score (nSPS) is 12.9. The van der Waals surface area contributed by atoms with Gasteiger partial charge in [0.2, 0.25) is 0 Å². The minimum Gasteiger partial charge on any atom is -0.491 e. The number of halogens is 2. The van der Waals surface area contributed by atoms with Crippen LogP contribution in [-0.4, -0.2) is 37.6 Å². The van der Waals surface area contributed by atoms with Gasteiger partial charge in [0.25, 0.3) is 0 Å². The van der Waals surface area contributed by atoms with Gasteiger partial charge in [0.05, 0.1) is 19.3 Å². The third-order valence-electron chi connectivity index (χ3n) is 4.11. The van der Waals surface area contributed by atoms with Gasteiger partial charge in [0.1, 0.15) is 12.4 Å². The molecule has 0 aromatic heterocycles. The Morgan fingerprint density at radius 2 is 1.70 bits per heavy atom. The standard InChI is InChI=1S/C21H28BrNO3.ClH/c1-3-21(17-6-4-16(2)5-7-17)23-14-19(24)15-25-12-13-26-20-10-8-18(22)9-11-20;/h4-11,19,21,23-24H,3,12-15H2,1-2H3;1H. The topological polar surface area (TPSA) is 50.7 Å². The first kappa shape index (κ1) is 23.9. The van der Waals surface area contributed by atoms with Gasteiger partial charge in [-0.2, -0.15) is 0 Å². The number of benzene rings is 2. The number of rotatable bonds is 11. The number of aliphatic hydroxyl groups excluding tert-OH is 1. The van der Waals surface area contributed by atoms with Crippen molar-refractivity contribution in [1.29, 1.82) is 0 Å². The zero-order valence-corrected chi connectivity index (χ0v) is 18.3. The Hall–Kier alpha value is -1.11. The lowest BCUT2D eigenvalue weighted by atomic mass is 10.0. The third-order valence-corrected chi connectivity index (χ3v) is 4.64. The molecule has 0 saturated carbocycles. The predicted octanol–water partition coefficient (Wildman–Crippen LogP) is 4.68. The fourth-order valence-corrected chi connectivity index (χ4v) is 2.87. The molecule has 4 nitrogen and oxygen atoms in total. The van der Waals surface area contributed by atoms with E-state index >= 15 is 0 Å². The molecular weight excluding hydrogens is 430 g/mol. The number of aliphatic hydroxyl groups is 1. The zero-order valence-electron chi connectivity index (χ0n) is 15.9. The molecule has 0 fully saturated rings. The van der Waals surface area contributed by atoms with Crippen LogP contribution in [0.5, 0.6) is 5.75 Å². The highest BCUT2D eigenvalue weighted by Gasteiger charge is 2.11. The molecule has 2 rings (SSSR count). The Morgan fingerprint density at radius 1 is 1.04 bits per heavy atom. The van der Waals surface area contributed by atoms with Crippen LogP contribution in [0.3, 0.4) is 0 Å². The van der Waals surface area contributed by atoms with Gasteiger partial charge in [-0.3, -0.25) is 0 Å². The van der Waals surface area contributed by atoms with Gasteiger partial charge in [0, 0.05) is 17.1 Å². The van der Waals surface area contributed by atoms with E-state index in [1.54, 1.807) is 0 Å². The smallest absolute Gasteiger partial charge is 0.119 e. The summed E-state index contributed by atoms with van der Waals surface area (Å²) in [5.74, 6) is 0.808. The molecule has 0 aliphatic carbocycles. The van der Waals surface area contributed by atoms with Crippen LogP contribution in [0, 0.1) is 6.92 Å². The van der Waals surface area contributed by atoms with E-state index in [4.69, 9.17) is 9.47 Å². The predicted molar refractivity (Wildman–Crippen MR) is 116 cm³/mol. The van der Waals surface area contributed by atoms with E-state index in [0.29, 0.717) is 26.4 Å². The number of ether oxygens (including phenoxy) is 2. The lowest BCUT2D eigenvalue weighted by Gasteiger charge is -2.20. The average Bonchev–Trinajstić information content (AvgIpc) is 2.65. The van der Waals surface area contributed by atoms with Crippen molar-refractivity contribution in [3.05, 3.63) is 64.1 Å². The summed E-state index contributed by atoms with van der Waals surface area (Å²) >= 11 is 3.39. The van der Waals surface area contributed by atoms with Gasteiger partial charge in [-0.05, 0) is 43.2 Å². The first-order valence-electron chi connectivity index (χ1n) is 9.02. The highest BCUT2D eigenvalue weighted by atomic mass is 79.9. The summed E-state index contributed by atoms with van der Waals surface area (Å²) < 4.78 is 12.1. The fourth-order valence-electron chi connectivity index (χ4n) is 2.60. The van der Waals surface area contributed by atoms with E-state index in [1.807, 2.05) is 24.3 Å². The molecule has 150 valence electrons. The van der Waals surface area contributed by atoms with Crippen LogP contribution in [0.4, 0.5) is 0 Å². The lowest BCUT2D eigenvalue weighted by molar-refractivity contribution is 0.0239. The van der Waals surface area contributed by atoms with Crippen LogP contribution in [0.1, 0.15) is 30.5 Å². The Morgan fingerprint density at radius 3 is 2.33 bits per heavy atom. The van der Waals surface area contributed by atoms with Gasteiger partial charge in [-0.1, -0.05) is 52.7 Å². The van der Waals surface area contributed by atoms with Crippen molar-refractivity contribution < 1.29 is 14.6 Å². The van der Waals surface area contributed by atoms with Crippen LogP contribution >= 0.6 is 28.3 Å². The summed E-state index contributed by atoms with van der Waals surface area (Å²) in [5, 5.41) is 13.5. The molecule has 2 atom stereocenters. The van der Waals surface area contributed by atoms with E-state index in [2.05, 4.69) is 59.4 Å². The largest absolute Gasteiger partial charge is 0.491 e. The summed E-state index contributed by atoms with van der Waals surface area (Å²) in [6.45, 7) is 5.92. The van der Waals surface area contributed by atoms with Crippen molar-refractivity contribution in [1.82, 2.24) is 5.32 Å². The van der Waals surface area contributed by atoms with Gasteiger partial charge in [-0.25, -0.2) is 0 Å². The van der Waals surface area contributed by atoms with Gasteiger partial charge in [-0.15, -0.1) is 12.4 Å². The van der Waals surface area contributed by atoms with Crippen molar-refractivity contribution in [2.24, 2.45) is 0 Å². The molecule has 0 amide bonds. The number of aryl methyl sites for hydroxylation is 1. The van der Waals surface area contributed by atoms with E-state index < -0.39 is 6.10 Å². The second kappa shape index (κ2) is 13.1. The van der Waals surface area contributed by atoms with E-state index in [0.717, 1.165) is 16.6 Å². The molecule has 0 heterocycles. The maximum absolute atomic E-state index is 10.1. The van der Waals surface area contributed by atoms with Gasteiger partial charge in [0.15, 0.2) is 0 Å². The molecular formula is C21H29BrClNO3.